The molecule has 21 heavy (non-hydrogen) atoms. The minimum atomic E-state index is -0.152. The maximum absolute atomic E-state index is 12.7. The van der Waals surface area contributed by atoms with Crippen LogP contribution in [0.4, 0.5) is 0 Å². The molecule has 1 aromatic heterocycles. The van der Waals surface area contributed by atoms with E-state index in [2.05, 4.69) is 10.3 Å². The third kappa shape index (κ3) is 2.31. The number of aliphatic hydroxyl groups is 1. The molecule has 1 N–H and O–H groups in total. The molecule has 0 spiro atoms. The van der Waals surface area contributed by atoms with Gasteiger partial charge in [-0.1, -0.05) is 17.3 Å². The average Bonchev–Trinajstić information content (AvgIpc) is 2.91. The lowest BCUT2D eigenvalue weighted by Gasteiger charge is -2.28. The van der Waals surface area contributed by atoms with Crippen LogP contribution >= 0.6 is 0 Å². The largest absolute Gasteiger partial charge is 0.390 e. The summed E-state index contributed by atoms with van der Waals surface area (Å²) in [6, 6.07) is 5.78. The van der Waals surface area contributed by atoms with Crippen LogP contribution in [0.1, 0.15) is 32.9 Å². The van der Waals surface area contributed by atoms with Gasteiger partial charge < -0.3 is 10.0 Å². The summed E-state index contributed by atoms with van der Waals surface area (Å²) in [4.78, 5) is 14.5. The minimum absolute atomic E-state index is 0.0209. The van der Waals surface area contributed by atoms with E-state index in [1.165, 1.54) is 0 Å². The monoisotopic (exact) mass is 286 g/mol. The molecule has 0 bridgehead atoms. The highest BCUT2D eigenvalue weighted by atomic mass is 16.3. The number of aliphatic hydroxyl groups excluding tert-OH is 1. The van der Waals surface area contributed by atoms with Crippen molar-refractivity contribution < 1.29 is 9.90 Å². The van der Waals surface area contributed by atoms with Crippen LogP contribution in [0.3, 0.4) is 0 Å². The van der Waals surface area contributed by atoms with Crippen LogP contribution in [-0.2, 0) is 19.7 Å². The second-order valence-corrected chi connectivity index (χ2v) is 5.34. The van der Waals surface area contributed by atoms with Crippen LogP contribution in [-0.4, -0.2) is 37.5 Å². The normalized spacial score (nSPS) is 14.1. The van der Waals surface area contributed by atoms with Crippen molar-refractivity contribution in [2.75, 3.05) is 6.54 Å². The Morgan fingerprint density at radius 3 is 2.90 bits per heavy atom. The summed E-state index contributed by atoms with van der Waals surface area (Å²) in [5.41, 5.74) is 4.24. The maximum Gasteiger partial charge on any atom is 0.254 e. The van der Waals surface area contributed by atoms with Gasteiger partial charge in [0, 0.05) is 12.1 Å². The Morgan fingerprint density at radius 1 is 1.33 bits per heavy atom. The zero-order chi connectivity index (χ0) is 15.0. The topological polar surface area (TPSA) is 71.2 Å². The van der Waals surface area contributed by atoms with E-state index in [0.29, 0.717) is 25.3 Å². The van der Waals surface area contributed by atoms with Crippen LogP contribution < -0.4 is 0 Å². The molecule has 110 valence electrons. The second-order valence-electron chi connectivity index (χ2n) is 5.34. The van der Waals surface area contributed by atoms with Crippen LogP contribution in [0, 0.1) is 13.8 Å². The molecular weight excluding hydrogens is 268 g/mol. The van der Waals surface area contributed by atoms with Crippen molar-refractivity contribution >= 4 is 5.91 Å². The molecule has 0 saturated carbocycles. The fourth-order valence-corrected chi connectivity index (χ4v) is 2.65. The van der Waals surface area contributed by atoms with Gasteiger partial charge in [0.05, 0.1) is 25.4 Å². The van der Waals surface area contributed by atoms with E-state index in [0.717, 1.165) is 22.4 Å². The molecular formula is C15H18N4O2. The Hall–Kier alpha value is -2.21. The van der Waals surface area contributed by atoms with Crippen molar-refractivity contribution in [2.24, 2.45) is 0 Å². The predicted octanol–water partition coefficient (Wildman–Crippen LogP) is 1.04. The molecule has 0 radical (unpaired) electrons. The Bertz CT molecular complexity index is 679. The summed E-state index contributed by atoms with van der Waals surface area (Å²) in [7, 11) is 0. The molecule has 1 amide bonds. The molecule has 2 heterocycles. The number of aromatic nitrogens is 3. The Morgan fingerprint density at radius 2 is 2.14 bits per heavy atom. The molecule has 6 nitrogen and oxygen atoms in total. The predicted molar refractivity (Wildman–Crippen MR) is 76.6 cm³/mol. The molecule has 0 atom stereocenters. The summed E-state index contributed by atoms with van der Waals surface area (Å²) in [6.07, 6.45) is 0. The van der Waals surface area contributed by atoms with Gasteiger partial charge in [-0.3, -0.25) is 4.79 Å². The van der Waals surface area contributed by atoms with Gasteiger partial charge in [-0.05, 0) is 31.0 Å². The molecule has 2 aromatic rings. The zero-order valence-corrected chi connectivity index (χ0v) is 12.2. The van der Waals surface area contributed by atoms with Crippen molar-refractivity contribution in [3.05, 3.63) is 46.3 Å². The molecule has 0 aliphatic carbocycles. The number of hydrogen-bond acceptors (Lipinski definition) is 4. The van der Waals surface area contributed by atoms with Crippen molar-refractivity contribution in [3.63, 3.8) is 0 Å². The van der Waals surface area contributed by atoms with E-state index in [-0.39, 0.29) is 12.5 Å². The number of nitrogens with zero attached hydrogens (tertiary/aromatic N) is 4. The van der Waals surface area contributed by atoms with Gasteiger partial charge in [-0.15, -0.1) is 5.10 Å². The number of fused-ring (bicyclic) bond motifs is 1. The van der Waals surface area contributed by atoms with E-state index < -0.39 is 0 Å². The first kappa shape index (κ1) is 13.8. The standard InChI is InChI=1S/C15H18N4O2/c1-10-4-3-5-12(11(10)2)15(21)18-6-7-19-14(8-18)13(9-20)16-17-19/h3-5,20H,6-9H2,1-2H3. The van der Waals surface area contributed by atoms with Crippen LogP contribution in [0.15, 0.2) is 18.2 Å². The van der Waals surface area contributed by atoms with Gasteiger partial charge in [0.1, 0.15) is 5.69 Å². The zero-order valence-electron chi connectivity index (χ0n) is 12.2. The van der Waals surface area contributed by atoms with Gasteiger partial charge in [-0.25, -0.2) is 4.68 Å². The number of amides is 1. The molecule has 0 fully saturated rings. The number of aryl methyl sites for hydroxylation is 1. The average molecular weight is 286 g/mol. The smallest absolute Gasteiger partial charge is 0.254 e. The number of carbonyl (C=O) groups excluding carboxylic acids is 1. The van der Waals surface area contributed by atoms with Crippen molar-refractivity contribution in [1.29, 1.82) is 0 Å². The molecule has 3 rings (SSSR count). The van der Waals surface area contributed by atoms with Crippen molar-refractivity contribution in [3.8, 4) is 0 Å². The van der Waals surface area contributed by atoms with E-state index >= 15 is 0 Å². The summed E-state index contributed by atoms with van der Waals surface area (Å²) >= 11 is 0. The summed E-state index contributed by atoms with van der Waals surface area (Å²) in [5.74, 6) is 0.0209. The number of rotatable bonds is 2. The Labute approximate surface area is 123 Å². The first-order valence-electron chi connectivity index (χ1n) is 6.99. The lowest BCUT2D eigenvalue weighted by molar-refractivity contribution is 0.0703. The van der Waals surface area contributed by atoms with Crippen LogP contribution in [0.5, 0.6) is 0 Å². The van der Waals surface area contributed by atoms with Crippen LogP contribution in [0.25, 0.3) is 0 Å². The first-order valence-corrected chi connectivity index (χ1v) is 6.99. The Balaban J connectivity index is 1.89. The Kier molecular flexibility index (Phi) is 3.47. The van der Waals surface area contributed by atoms with Gasteiger partial charge in [-0.2, -0.15) is 0 Å². The third-order valence-electron chi connectivity index (χ3n) is 4.11. The molecule has 1 aliphatic rings. The van der Waals surface area contributed by atoms with E-state index in [1.54, 1.807) is 9.58 Å². The number of carbonyl (C=O) groups is 1. The van der Waals surface area contributed by atoms with E-state index in [1.807, 2.05) is 32.0 Å². The fraction of sp³-hybridized carbons (Fsp3) is 0.400. The van der Waals surface area contributed by atoms with Crippen molar-refractivity contribution in [2.45, 2.75) is 33.5 Å². The lowest BCUT2D eigenvalue weighted by atomic mass is 10.0. The van der Waals surface area contributed by atoms with E-state index in [4.69, 9.17) is 0 Å². The third-order valence-corrected chi connectivity index (χ3v) is 4.11. The highest BCUT2D eigenvalue weighted by Gasteiger charge is 2.26. The van der Waals surface area contributed by atoms with Crippen molar-refractivity contribution in [1.82, 2.24) is 19.9 Å². The van der Waals surface area contributed by atoms with E-state index in [9.17, 15) is 9.90 Å². The number of hydrogen-bond donors (Lipinski definition) is 1. The lowest BCUT2D eigenvalue weighted by Crippen LogP contribution is -2.39. The highest BCUT2D eigenvalue weighted by Crippen LogP contribution is 2.20. The highest BCUT2D eigenvalue weighted by molar-refractivity contribution is 5.96. The summed E-state index contributed by atoms with van der Waals surface area (Å²) in [6.45, 7) is 5.48. The second kappa shape index (κ2) is 5.29. The fourth-order valence-electron chi connectivity index (χ4n) is 2.65. The molecule has 1 aromatic carbocycles. The minimum Gasteiger partial charge on any atom is -0.390 e. The molecule has 0 saturated heterocycles. The quantitative estimate of drug-likeness (QED) is 0.895. The molecule has 6 heteroatoms. The van der Waals surface area contributed by atoms with Gasteiger partial charge in [0.15, 0.2) is 0 Å². The van der Waals surface area contributed by atoms with Gasteiger partial charge >= 0.3 is 0 Å². The first-order chi connectivity index (χ1) is 10.1. The summed E-state index contributed by atoms with van der Waals surface area (Å²) in [5, 5.41) is 17.2. The summed E-state index contributed by atoms with van der Waals surface area (Å²) < 4.78 is 1.76. The molecule has 1 aliphatic heterocycles. The number of benzene rings is 1. The maximum atomic E-state index is 12.7. The molecule has 0 unspecified atom stereocenters. The van der Waals surface area contributed by atoms with Crippen LogP contribution in [0.2, 0.25) is 0 Å². The van der Waals surface area contributed by atoms with Gasteiger partial charge in [0.2, 0.25) is 0 Å². The SMILES string of the molecule is Cc1cccc(C(=O)N2CCn3nnc(CO)c3C2)c1C. The van der Waals surface area contributed by atoms with Gasteiger partial charge in [0.25, 0.3) is 5.91 Å².